The van der Waals surface area contributed by atoms with E-state index >= 15 is 0 Å². The minimum atomic E-state index is 0.452. The van der Waals surface area contributed by atoms with Crippen molar-refractivity contribution in [3.8, 4) is 11.5 Å². The lowest BCUT2D eigenvalue weighted by Crippen LogP contribution is -1.91. The smallest absolute Gasteiger partial charge is 0.303 e. The highest BCUT2D eigenvalue weighted by Crippen LogP contribution is 2.26. The molecule has 0 aromatic heterocycles. The van der Waals surface area contributed by atoms with Crippen LogP contribution in [0.5, 0.6) is 11.5 Å². The first-order valence-electron chi connectivity index (χ1n) is 3.42. The standard InChI is InChI=1S/C9H9O3/c1-11-8-4-3-7(6-10)5-9(8)12-2/h3-5H,1-2H3/q+1. The maximum atomic E-state index is 10.3. The van der Waals surface area contributed by atoms with E-state index < -0.39 is 0 Å². The van der Waals surface area contributed by atoms with Crippen LogP contribution in [0.15, 0.2) is 18.2 Å². The van der Waals surface area contributed by atoms with Gasteiger partial charge >= 0.3 is 6.29 Å². The SMILES string of the molecule is COc1ccc([C+]=O)cc1OC. The van der Waals surface area contributed by atoms with E-state index in [0.717, 1.165) is 0 Å². The molecule has 0 fully saturated rings. The molecule has 0 saturated heterocycles. The van der Waals surface area contributed by atoms with E-state index in [9.17, 15) is 4.79 Å². The Hall–Kier alpha value is -1.60. The number of hydrogen-bond acceptors (Lipinski definition) is 3. The van der Waals surface area contributed by atoms with Gasteiger partial charge in [0.05, 0.1) is 20.3 Å². The monoisotopic (exact) mass is 165 g/mol. The van der Waals surface area contributed by atoms with Crippen LogP contribution in [0.1, 0.15) is 5.56 Å². The first-order chi connectivity index (χ1) is 5.81. The predicted molar refractivity (Wildman–Crippen MR) is 44.3 cm³/mol. The highest BCUT2D eigenvalue weighted by Gasteiger charge is 2.11. The third-order valence-electron chi connectivity index (χ3n) is 1.50. The molecule has 0 heterocycles. The molecule has 1 rings (SSSR count). The summed E-state index contributed by atoms with van der Waals surface area (Å²) >= 11 is 0. The zero-order valence-electron chi connectivity index (χ0n) is 6.96. The average Bonchev–Trinajstić information content (AvgIpc) is 2.16. The normalized spacial score (nSPS) is 8.83. The lowest BCUT2D eigenvalue weighted by Gasteiger charge is -2.01. The summed E-state index contributed by atoms with van der Waals surface area (Å²) in [4.78, 5) is 10.3. The maximum Gasteiger partial charge on any atom is 0.303 e. The summed E-state index contributed by atoms with van der Waals surface area (Å²) in [6, 6.07) is 4.86. The molecule has 62 valence electrons. The van der Waals surface area contributed by atoms with Crippen LogP contribution < -0.4 is 9.47 Å². The fourth-order valence-electron chi connectivity index (χ4n) is 0.900. The number of benzene rings is 1. The van der Waals surface area contributed by atoms with Gasteiger partial charge in [-0.2, -0.15) is 0 Å². The Morgan fingerprint density at radius 1 is 1.17 bits per heavy atom. The van der Waals surface area contributed by atoms with Crippen molar-refractivity contribution in [2.75, 3.05) is 14.2 Å². The summed E-state index contributed by atoms with van der Waals surface area (Å²) in [5.74, 6) is 1.15. The molecule has 0 N–H and O–H groups in total. The van der Waals surface area contributed by atoms with E-state index in [4.69, 9.17) is 9.47 Å². The second kappa shape index (κ2) is 3.69. The van der Waals surface area contributed by atoms with E-state index in [0.29, 0.717) is 17.1 Å². The third kappa shape index (κ3) is 1.52. The molecule has 12 heavy (non-hydrogen) atoms. The van der Waals surface area contributed by atoms with Gasteiger partial charge in [0.1, 0.15) is 6.07 Å². The van der Waals surface area contributed by atoms with Crippen molar-refractivity contribution in [3.05, 3.63) is 23.8 Å². The van der Waals surface area contributed by atoms with Crippen molar-refractivity contribution >= 4 is 6.29 Å². The Morgan fingerprint density at radius 3 is 2.33 bits per heavy atom. The van der Waals surface area contributed by atoms with E-state index in [1.807, 2.05) is 0 Å². The second-order valence-corrected chi connectivity index (χ2v) is 2.17. The van der Waals surface area contributed by atoms with Gasteiger partial charge in [0, 0.05) is 6.07 Å². The summed E-state index contributed by atoms with van der Waals surface area (Å²) in [6.45, 7) is 0. The molecule has 0 spiro atoms. The lowest BCUT2D eigenvalue weighted by atomic mass is 10.2. The van der Waals surface area contributed by atoms with Gasteiger partial charge in [-0.05, 0) is 0 Å². The molecule has 3 heteroatoms. The van der Waals surface area contributed by atoms with E-state index in [1.54, 1.807) is 31.6 Å². The summed E-state index contributed by atoms with van der Waals surface area (Å²) in [7, 11) is 3.06. The Balaban J connectivity index is 3.10. The van der Waals surface area contributed by atoms with Crippen molar-refractivity contribution < 1.29 is 14.3 Å². The fraction of sp³-hybridized carbons (Fsp3) is 0.222. The number of ether oxygens (including phenoxy) is 2. The van der Waals surface area contributed by atoms with E-state index in [2.05, 4.69) is 0 Å². The molecule has 3 nitrogen and oxygen atoms in total. The van der Waals surface area contributed by atoms with Gasteiger partial charge in [-0.25, -0.2) is 0 Å². The van der Waals surface area contributed by atoms with Gasteiger partial charge < -0.3 is 9.47 Å². The van der Waals surface area contributed by atoms with E-state index in [-0.39, 0.29) is 0 Å². The van der Waals surface area contributed by atoms with E-state index in [1.165, 1.54) is 7.11 Å². The van der Waals surface area contributed by atoms with Crippen LogP contribution in [0.2, 0.25) is 0 Å². The molecule has 0 bridgehead atoms. The summed E-state index contributed by atoms with van der Waals surface area (Å²) in [6.07, 6.45) is 1.77. The van der Waals surface area contributed by atoms with Crippen molar-refractivity contribution in [2.45, 2.75) is 0 Å². The highest BCUT2D eigenvalue weighted by atomic mass is 16.5. The molecule has 0 amide bonds. The fourth-order valence-corrected chi connectivity index (χ4v) is 0.900. The number of methoxy groups -OCH3 is 2. The van der Waals surface area contributed by atoms with Crippen LogP contribution >= 0.6 is 0 Å². The largest absolute Gasteiger partial charge is 0.491 e. The number of hydrogen-bond donors (Lipinski definition) is 0. The van der Waals surface area contributed by atoms with Crippen molar-refractivity contribution in [1.29, 1.82) is 0 Å². The first-order valence-corrected chi connectivity index (χ1v) is 3.42. The summed E-state index contributed by atoms with van der Waals surface area (Å²) in [5, 5.41) is 0. The number of carbonyl (C=O) groups excluding carboxylic acids is 1. The van der Waals surface area contributed by atoms with Gasteiger partial charge in [-0.15, -0.1) is 4.79 Å². The van der Waals surface area contributed by atoms with Gasteiger partial charge in [0.2, 0.25) is 11.3 Å². The molecule has 1 aromatic carbocycles. The Kier molecular flexibility index (Phi) is 2.62. The van der Waals surface area contributed by atoms with Crippen LogP contribution in [0.25, 0.3) is 0 Å². The molecule has 0 aliphatic carbocycles. The molecule has 0 aliphatic rings. The highest BCUT2D eigenvalue weighted by molar-refractivity contribution is 5.76. The van der Waals surface area contributed by atoms with Gasteiger partial charge in [-0.1, -0.05) is 0 Å². The zero-order chi connectivity index (χ0) is 8.97. The Bertz CT molecular complexity index is 281. The quantitative estimate of drug-likeness (QED) is 0.630. The first kappa shape index (κ1) is 8.50. The Morgan fingerprint density at radius 2 is 1.83 bits per heavy atom. The molecular weight excluding hydrogens is 156 g/mol. The lowest BCUT2D eigenvalue weighted by molar-refractivity contribution is 0.355. The van der Waals surface area contributed by atoms with Crippen LogP contribution in [-0.2, 0) is 4.79 Å². The van der Waals surface area contributed by atoms with Crippen LogP contribution in [-0.4, -0.2) is 20.5 Å². The van der Waals surface area contributed by atoms with Crippen molar-refractivity contribution in [1.82, 2.24) is 0 Å². The minimum Gasteiger partial charge on any atom is -0.491 e. The molecular formula is C9H9O3+. The van der Waals surface area contributed by atoms with Crippen LogP contribution in [0.4, 0.5) is 0 Å². The zero-order valence-corrected chi connectivity index (χ0v) is 6.96. The average molecular weight is 165 g/mol. The predicted octanol–water partition coefficient (Wildman–Crippen LogP) is 1.16. The topological polar surface area (TPSA) is 35.5 Å². The summed E-state index contributed by atoms with van der Waals surface area (Å²) in [5.41, 5.74) is 0.452. The summed E-state index contributed by atoms with van der Waals surface area (Å²) < 4.78 is 9.96. The molecule has 0 aliphatic heterocycles. The van der Waals surface area contributed by atoms with Gasteiger partial charge in [-0.3, -0.25) is 0 Å². The van der Waals surface area contributed by atoms with Crippen molar-refractivity contribution in [3.63, 3.8) is 0 Å². The molecule has 0 saturated carbocycles. The number of rotatable bonds is 3. The molecule has 0 unspecified atom stereocenters. The maximum absolute atomic E-state index is 10.3. The molecule has 1 aromatic rings. The second-order valence-electron chi connectivity index (χ2n) is 2.17. The van der Waals surface area contributed by atoms with Gasteiger partial charge in [0.25, 0.3) is 0 Å². The van der Waals surface area contributed by atoms with Gasteiger partial charge in [0.15, 0.2) is 5.75 Å². The van der Waals surface area contributed by atoms with Crippen LogP contribution in [0.3, 0.4) is 0 Å². The Labute approximate surface area is 70.9 Å². The van der Waals surface area contributed by atoms with Crippen molar-refractivity contribution in [2.24, 2.45) is 0 Å². The minimum absolute atomic E-state index is 0.452. The third-order valence-corrected chi connectivity index (χ3v) is 1.50. The molecule has 0 atom stereocenters. The molecule has 0 radical (unpaired) electrons. The van der Waals surface area contributed by atoms with Crippen LogP contribution in [0, 0.1) is 0 Å².